The van der Waals surface area contributed by atoms with Gasteiger partial charge >= 0.3 is 0 Å². The largest absolute Gasteiger partial charge is 1.00 e. The van der Waals surface area contributed by atoms with E-state index in [0.717, 1.165) is 0 Å². The van der Waals surface area contributed by atoms with Crippen molar-refractivity contribution in [1.29, 1.82) is 0 Å². The fraction of sp³-hybridized carbons (Fsp3) is 1.00. The highest BCUT2D eigenvalue weighted by Gasteiger charge is 2.38. The van der Waals surface area contributed by atoms with Crippen molar-refractivity contribution < 1.29 is 57.3 Å². The van der Waals surface area contributed by atoms with E-state index in [1.54, 1.807) is 0 Å². The second-order valence-corrected chi connectivity index (χ2v) is 2.67. The summed E-state index contributed by atoms with van der Waals surface area (Å²) < 4.78 is 0. The van der Waals surface area contributed by atoms with Gasteiger partial charge in [-0.1, -0.05) is 19.4 Å². The highest BCUT2D eigenvalue weighted by Crippen LogP contribution is 2.12. The summed E-state index contributed by atoms with van der Waals surface area (Å²) in [5.41, 5.74) is 0. The maximum Gasteiger partial charge on any atom is 0.247 e. The molecule has 0 atom stereocenters. The highest BCUT2D eigenvalue weighted by atomic mass is 35.5. The molecule has 0 saturated carbocycles. The molecule has 0 aliphatic carbocycles. The molecule has 0 saturated heterocycles. The van der Waals surface area contributed by atoms with Crippen molar-refractivity contribution >= 4 is 0 Å². The Labute approximate surface area is 111 Å². The monoisotopic (exact) mass is 293 g/mol. The van der Waals surface area contributed by atoms with Gasteiger partial charge in [0.2, 0.25) is 5.14 Å². The van der Waals surface area contributed by atoms with Crippen LogP contribution in [0, 0.1) is 0 Å². The van der Waals surface area contributed by atoms with E-state index in [4.69, 9.17) is 39.8 Å². The van der Waals surface area contributed by atoms with Crippen molar-refractivity contribution in [2.75, 3.05) is 52.9 Å². The topological polar surface area (TPSA) is 118 Å². The second kappa shape index (κ2) is 13.4. The zero-order valence-electron chi connectivity index (χ0n) is 9.90. The Morgan fingerprint density at radius 2 is 0.778 bits per heavy atom. The van der Waals surface area contributed by atoms with E-state index in [-0.39, 0.29) is 65.3 Å². The second-order valence-electron chi connectivity index (χ2n) is 2.67. The molecule has 0 aliphatic rings. The third-order valence-electron chi connectivity index (χ3n) is 1.36. The molecule has 0 spiro atoms. The maximum atomic E-state index is 8.66. The van der Waals surface area contributed by atoms with E-state index >= 15 is 0 Å². The van der Waals surface area contributed by atoms with Crippen LogP contribution in [0.2, 0.25) is 0 Å². The van der Waals surface area contributed by atoms with Gasteiger partial charge in [0.05, 0.1) is 26.4 Å². The first kappa shape index (κ1) is 20.3. The van der Waals surface area contributed by atoms with Gasteiger partial charge < -0.3 is 32.8 Å². The van der Waals surface area contributed by atoms with Crippen LogP contribution in [0.5, 0.6) is 0 Å². The summed E-state index contributed by atoms with van der Waals surface area (Å²) in [5, 5.41) is 33.4. The minimum atomic E-state index is -1.22. The van der Waals surface area contributed by atoms with E-state index in [1.807, 2.05) is 0 Å². The van der Waals surface area contributed by atoms with Gasteiger partial charge in [-0.3, -0.25) is 0 Å². The lowest BCUT2D eigenvalue weighted by atomic mass is 10.8. The molecule has 112 valence electrons. The van der Waals surface area contributed by atoms with Crippen molar-refractivity contribution in [1.82, 2.24) is 0 Å². The average Bonchev–Trinajstić information content (AvgIpc) is 2.37. The van der Waals surface area contributed by atoms with Crippen LogP contribution in [-0.2, 0) is 19.4 Å². The summed E-state index contributed by atoms with van der Waals surface area (Å²) in [7, 11) is 0. The zero-order chi connectivity index (χ0) is 13.0. The summed E-state index contributed by atoms with van der Waals surface area (Å²) >= 11 is 0. The van der Waals surface area contributed by atoms with Crippen LogP contribution in [-0.4, -0.2) is 78.4 Å². The van der Waals surface area contributed by atoms with E-state index < -0.39 is 5.14 Å². The van der Waals surface area contributed by atoms with Gasteiger partial charge in [-0.2, -0.15) is 0 Å². The van der Waals surface area contributed by atoms with Gasteiger partial charge in [0, 0.05) is 0 Å². The minimum absolute atomic E-state index is 0. The molecule has 0 heterocycles. The van der Waals surface area contributed by atoms with Gasteiger partial charge in [0.15, 0.2) is 0 Å². The van der Waals surface area contributed by atoms with Gasteiger partial charge in [0.1, 0.15) is 26.4 Å². The van der Waals surface area contributed by atoms with E-state index in [1.165, 1.54) is 0 Å². The smallest absolute Gasteiger partial charge is 0.247 e. The fourth-order valence-electron chi connectivity index (χ4n) is 0.834. The standard InChI is InChI=1S/C8H20NO8.ClH/c10-1-5-14-9(15-6-2-11,16-7-3-12)17-8-4-13;/h10-13H,1-8H2;1H/q+1;/p-1. The predicted molar refractivity (Wildman–Crippen MR) is 52.4 cm³/mol. The van der Waals surface area contributed by atoms with Crippen LogP contribution >= 0.6 is 0 Å². The summed E-state index contributed by atoms with van der Waals surface area (Å²) in [6, 6.07) is 0. The molecule has 0 bridgehead atoms. The van der Waals surface area contributed by atoms with E-state index in [2.05, 4.69) is 0 Å². The van der Waals surface area contributed by atoms with Crippen LogP contribution < -0.4 is 12.4 Å². The summed E-state index contributed by atoms with van der Waals surface area (Å²) in [6.07, 6.45) is 0. The van der Waals surface area contributed by atoms with Crippen molar-refractivity contribution in [3.63, 3.8) is 0 Å². The zero-order valence-corrected chi connectivity index (χ0v) is 10.7. The molecule has 0 aromatic rings. The van der Waals surface area contributed by atoms with Crippen molar-refractivity contribution in [2.24, 2.45) is 0 Å². The maximum absolute atomic E-state index is 8.66. The number of nitrogens with zero attached hydrogens (tertiary/aromatic N) is 1. The molecule has 0 unspecified atom stereocenters. The molecule has 0 aromatic heterocycles. The van der Waals surface area contributed by atoms with Crippen LogP contribution in [0.15, 0.2) is 0 Å². The van der Waals surface area contributed by atoms with Gasteiger partial charge in [-0.05, 0) is 0 Å². The first-order valence-corrected chi connectivity index (χ1v) is 5.15. The third kappa shape index (κ3) is 8.94. The number of halogens is 1. The Hall–Kier alpha value is -0.0700. The fourth-order valence-corrected chi connectivity index (χ4v) is 0.834. The van der Waals surface area contributed by atoms with E-state index in [0.29, 0.717) is 0 Å². The van der Waals surface area contributed by atoms with Gasteiger partial charge in [-0.25, -0.2) is 0 Å². The summed E-state index contributed by atoms with van der Waals surface area (Å²) in [6.45, 7) is -1.79. The number of quaternary nitrogens is 1. The third-order valence-corrected chi connectivity index (χ3v) is 1.36. The lowest BCUT2D eigenvalue weighted by Crippen LogP contribution is -3.00. The number of aliphatic hydroxyl groups excluding tert-OH is 4. The molecule has 9 nitrogen and oxygen atoms in total. The molecule has 0 amide bonds. The normalized spacial score (nSPS) is 11.3. The summed E-state index contributed by atoms with van der Waals surface area (Å²) in [5.74, 6) is 0. The molecule has 0 aliphatic heterocycles. The Morgan fingerprint density at radius 3 is 0.944 bits per heavy atom. The van der Waals surface area contributed by atoms with E-state index in [9.17, 15) is 0 Å². The van der Waals surface area contributed by atoms with Crippen LogP contribution in [0.3, 0.4) is 0 Å². The number of hydrogen-bond acceptors (Lipinski definition) is 8. The highest BCUT2D eigenvalue weighted by molar-refractivity contribution is 4.16. The molecule has 10 heteroatoms. The molecule has 0 radical (unpaired) electrons. The number of aliphatic hydroxyl groups is 4. The number of rotatable bonds is 12. The minimum Gasteiger partial charge on any atom is -1.00 e. The van der Waals surface area contributed by atoms with Crippen molar-refractivity contribution in [3.8, 4) is 0 Å². The first-order chi connectivity index (χ1) is 8.24. The van der Waals surface area contributed by atoms with Crippen molar-refractivity contribution in [2.45, 2.75) is 0 Å². The average molecular weight is 294 g/mol. The molecule has 4 N–H and O–H groups in total. The van der Waals surface area contributed by atoms with Gasteiger partial charge in [-0.15, -0.1) is 0 Å². The number of hydrogen-bond donors (Lipinski definition) is 4. The molecule has 18 heavy (non-hydrogen) atoms. The Balaban J connectivity index is 0. The quantitative estimate of drug-likeness (QED) is 0.208. The Kier molecular flexibility index (Phi) is 15.0. The van der Waals surface area contributed by atoms with Crippen molar-refractivity contribution in [3.05, 3.63) is 0 Å². The molecule has 0 fully saturated rings. The molecular formula is C8H20ClNO8. The molecular weight excluding hydrogens is 274 g/mol. The molecule has 0 aromatic carbocycles. The van der Waals surface area contributed by atoms with Crippen LogP contribution in [0.25, 0.3) is 0 Å². The van der Waals surface area contributed by atoms with Crippen LogP contribution in [0.1, 0.15) is 0 Å². The lowest BCUT2D eigenvalue weighted by Gasteiger charge is -2.24. The SMILES string of the molecule is OCCO[N+](OCCO)(OCCO)OCCO.[Cl-]. The first-order valence-electron chi connectivity index (χ1n) is 5.15. The Morgan fingerprint density at radius 1 is 0.556 bits per heavy atom. The Bertz CT molecular complexity index is 138. The molecule has 0 rings (SSSR count). The predicted octanol–water partition coefficient (Wildman–Crippen LogP) is -5.50. The summed E-state index contributed by atoms with van der Waals surface area (Å²) in [4.78, 5) is 19.9. The van der Waals surface area contributed by atoms with Gasteiger partial charge in [0.25, 0.3) is 0 Å². The van der Waals surface area contributed by atoms with Crippen LogP contribution in [0.4, 0.5) is 0 Å². The lowest BCUT2D eigenvalue weighted by molar-refractivity contribution is -1.47.